The van der Waals surface area contributed by atoms with Crippen LogP contribution in [-0.4, -0.2) is 93.4 Å². The van der Waals surface area contributed by atoms with Gasteiger partial charge >= 0.3 is 24.1 Å². The number of aliphatic imine (C=N–C) groups is 1. The Bertz CT molecular complexity index is 990. The van der Waals surface area contributed by atoms with Gasteiger partial charge < -0.3 is 46.7 Å². The van der Waals surface area contributed by atoms with Gasteiger partial charge in [0.1, 0.15) is 24.9 Å². The maximum absolute atomic E-state index is 12.1. The van der Waals surface area contributed by atoms with Crippen molar-refractivity contribution >= 4 is 29.8 Å². The van der Waals surface area contributed by atoms with Gasteiger partial charge in [0, 0.05) is 13.3 Å². The van der Waals surface area contributed by atoms with Crippen LogP contribution >= 0.6 is 0 Å². The Kier molecular flexibility index (Phi) is 20.2. The molecule has 0 aromatic carbocycles. The Morgan fingerprint density at radius 1 is 0.978 bits per heavy atom. The Labute approximate surface area is 260 Å². The second-order valence-corrected chi connectivity index (χ2v) is 10.5. The van der Waals surface area contributed by atoms with Crippen LogP contribution in [0.25, 0.3) is 0 Å². The summed E-state index contributed by atoms with van der Waals surface area (Å²) in [6.45, 7) is 2.88. The van der Waals surface area contributed by atoms with Crippen molar-refractivity contribution in [2.45, 2.75) is 127 Å². The summed E-state index contributed by atoms with van der Waals surface area (Å²) in [5.74, 6) is -6.18. The average molecular weight is 657 g/mol. The molecule has 260 valence electrons. The fourth-order valence-electron chi connectivity index (χ4n) is 4.31. The van der Waals surface area contributed by atoms with E-state index in [4.69, 9.17) is 30.8 Å². The summed E-state index contributed by atoms with van der Waals surface area (Å²) >= 11 is 0. The molecule has 0 spiro atoms. The zero-order valence-corrected chi connectivity index (χ0v) is 25.6. The quantitative estimate of drug-likeness (QED) is 0.0457. The number of aliphatic hydroxyl groups excluding tert-OH is 2. The Hall–Kier alpha value is -3.60. The second kappa shape index (κ2) is 22.0. The number of halogens is 3. The minimum atomic E-state index is -5.08. The van der Waals surface area contributed by atoms with Gasteiger partial charge in [-0.2, -0.15) is 13.2 Å². The summed E-state index contributed by atoms with van der Waals surface area (Å²) in [4.78, 5) is 48.1. The zero-order valence-electron chi connectivity index (χ0n) is 25.6. The van der Waals surface area contributed by atoms with Crippen molar-refractivity contribution in [1.29, 1.82) is 0 Å². The van der Waals surface area contributed by atoms with Crippen LogP contribution in [-0.2, 0) is 28.7 Å². The number of carbonyl (C=O) groups is 4. The van der Waals surface area contributed by atoms with Crippen molar-refractivity contribution in [3.8, 4) is 0 Å². The predicted molar refractivity (Wildman–Crippen MR) is 156 cm³/mol. The highest BCUT2D eigenvalue weighted by Gasteiger charge is 2.44. The molecule has 45 heavy (non-hydrogen) atoms. The molecule has 0 saturated heterocycles. The van der Waals surface area contributed by atoms with Crippen molar-refractivity contribution in [2.24, 2.45) is 16.5 Å². The number of nitrogens with zero attached hydrogens (tertiary/aromatic N) is 1. The van der Waals surface area contributed by atoms with E-state index < -0.39 is 72.8 Å². The smallest absolute Gasteiger partial charge is 0.478 e. The van der Waals surface area contributed by atoms with Crippen molar-refractivity contribution < 1.29 is 62.2 Å². The third kappa shape index (κ3) is 18.7. The normalized spacial score (nSPS) is 19.0. The molecule has 1 aliphatic rings. The van der Waals surface area contributed by atoms with E-state index in [1.165, 1.54) is 51.9 Å². The van der Waals surface area contributed by atoms with Crippen molar-refractivity contribution in [3.63, 3.8) is 0 Å². The summed E-state index contributed by atoms with van der Waals surface area (Å²) in [6, 6.07) is -2.19. The number of alkyl halides is 3. The van der Waals surface area contributed by atoms with Crippen molar-refractivity contribution in [3.05, 3.63) is 11.8 Å². The van der Waals surface area contributed by atoms with Crippen LogP contribution < -0.4 is 16.8 Å². The number of nitrogens with one attached hydrogen (secondary N) is 1. The third-order valence-electron chi connectivity index (χ3n) is 6.56. The van der Waals surface area contributed by atoms with Gasteiger partial charge in [-0.05, 0) is 12.5 Å². The average Bonchev–Trinajstić information content (AvgIpc) is 2.94. The summed E-state index contributed by atoms with van der Waals surface area (Å²) in [7, 11) is 0. The lowest BCUT2D eigenvalue weighted by molar-refractivity contribution is -0.192. The van der Waals surface area contributed by atoms with Gasteiger partial charge in [-0.15, -0.1) is 0 Å². The van der Waals surface area contributed by atoms with Crippen LogP contribution in [0.5, 0.6) is 0 Å². The summed E-state index contributed by atoms with van der Waals surface area (Å²) in [5.41, 5.74) is 10.9. The molecule has 14 nitrogen and oxygen atoms in total. The maximum atomic E-state index is 12.1. The van der Waals surface area contributed by atoms with E-state index in [-0.39, 0.29) is 12.4 Å². The molecule has 17 heteroatoms. The van der Waals surface area contributed by atoms with Gasteiger partial charge in [0.2, 0.25) is 11.7 Å². The first-order valence-corrected chi connectivity index (χ1v) is 14.8. The molecule has 9 N–H and O–H groups in total. The van der Waals surface area contributed by atoms with E-state index in [1.54, 1.807) is 0 Å². The highest BCUT2D eigenvalue weighted by Crippen LogP contribution is 2.25. The number of amides is 1. The van der Waals surface area contributed by atoms with Gasteiger partial charge in [0.05, 0.1) is 12.1 Å². The number of ether oxygens (including phenoxy) is 2. The Balaban J connectivity index is 0.00000246. The lowest BCUT2D eigenvalue weighted by Gasteiger charge is -2.38. The van der Waals surface area contributed by atoms with Gasteiger partial charge in [0.25, 0.3) is 0 Å². The largest absolute Gasteiger partial charge is 0.490 e. The van der Waals surface area contributed by atoms with Crippen molar-refractivity contribution in [2.75, 3.05) is 6.61 Å². The van der Waals surface area contributed by atoms with Gasteiger partial charge in [-0.3, -0.25) is 9.59 Å². The fraction of sp³-hybridized carbons (Fsp3) is 0.750. The van der Waals surface area contributed by atoms with E-state index in [0.717, 1.165) is 25.3 Å². The molecular weight excluding hydrogens is 609 g/mol. The molecule has 4 unspecified atom stereocenters. The molecular formula is C28H47F3N4O10. The standard InChI is InChI=1S/C26H46N4O8.C2HF3O2/c1-3-4-5-6-7-8-9-10-11-12-13-14-21(33)37-16-19(32)23(34)24-22(29-17(2)31)18(30-26(27)28)15-20(38-24)25(35)36;3-2(4,5)1(6)7/h15,18-19,22-24,32,34H,3-14,16H2,1-2H3,(H,29,31)(H,35,36)(H4,27,28,30);(H,6,7)/t18?,19?,22?,23?,24-;/m1./s1. The SMILES string of the molecule is CCCCCCCCCCCCCC(=O)OCC(O)C(O)[C@@H]1OC(C(=O)O)=CC(N=C(N)N)C1NC(C)=O.O=C(O)C(F)(F)F. The van der Waals surface area contributed by atoms with Crippen LogP contribution in [0.15, 0.2) is 16.8 Å². The number of esters is 1. The van der Waals surface area contributed by atoms with Crippen LogP contribution in [0.3, 0.4) is 0 Å². The highest BCUT2D eigenvalue weighted by molar-refractivity contribution is 5.85. The third-order valence-corrected chi connectivity index (χ3v) is 6.56. The van der Waals surface area contributed by atoms with Gasteiger partial charge in [-0.1, -0.05) is 71.1 Å². The first-order valence-electron chi connectivity index (χ1n) is 14.8. The first-order chi connectivity index (χ1) is 21.0. The zero-order chi connectivity index (χ0) is 34.6. The summed E-state index contributed by atoms with van der Waals surface area (Å²) in [6.07, 6.45) is 4.04. The van der Waals surface area contributed by atoms with E-state index in [0.29, 0.717) is 6.42 Å². The summed E-state index contributed by atoms with van der Waals surface area (Å²) in [5, 5.41) is 40.2. The van der Waals surface area contributed by atoms with Gasteiger partial charge in [0.15, 0.2) is 5.96 Å². The maximum Gasteiger partial charge on any atom is 0.490 e. The van der Waals surface area contributed by atoms with Crippen molar-refractivity contribution in [1.82, 2.24) is 5.32 Å². The van der Waals surface area contributed by atoms with Gasteiger partial charge in [-0.25, -0.2) is 14.6 Å². The number of carboxylic acids is 2. The number of guanidine groups is 1. The molecule has 1 heterocycles. The van der Waals surface area contributed by atoms with E-state index in [9.17, 15) is 42.9 Å². The lowest BCUT2D eigenvalue weighted by Crippen LogP contribution is -2.60. The monoisotopic (exact) mass is 656 g/mol. The number of hydrogen-bond donors (Lipinski definition) is 7. The fourth-order valence-corrected chi connectivity index (χ4v) is 4.31. The molecule has 0 fully saturated rings. The first kappa shape index (κ1) is 41.4. The Morgan fingerprint density at radius 3 is 1.89 bits per heavy atom. The molecule has 0 saturated carbocycles. The molecule has 0 bridgehead atoms. The number of rotatable bonds is 19. The van der Waals surface area contributed by atoms with Crippen LogP contribution in [0.2, 0.25) is 0 Å². The topological polar surface area (TPSA) is 244 Å². The number of carbonyl (C=O) groups excluding carboxylic acids is 2. The van der Waals surface area contributed by atoms with Crippen LogP contribution in [0.4, 0.5) is 13.2 Å². The lowest BCUT2D eigenvalue weighted by atomic mass is 9.92. The van der Waals surface area contributed by atoms with Crippen LogP contribution in [0, 0.1) is 0 Å². The van der Waals surface area contributed by atoms with E-state index in [1.807, 2.05) is 0 Å². The number of nitrogens with two attached hydrogens (primary N) is 2. The molecule has 1 rings (SSSR count). The minimum Gasteiger partial charge on any atom is -0.478 e. The number of aliphatic hydroxyl groups is 2. The Morgan fingerprint density at radius 2 is 1.47 bits per heavy atom. The molecule has 1 amide bonds. The number of carboxylic acid groups (broad SMARTS) is 2. The summed E-state index contributed by atoms with van der Waals surface area (Å²) < 4.78 is 42.2. The molecule has 0 aromatic heterocycles. The van der Waals surface area contributed by atoms with Crippen LogP contribution in [0.1, 0.15) is 90.9 Å². The predicted octanol–water partition coefficient (Wildman–Crippen LogP) is 2.10. The molecule has 5 atom stereocenters. The number of unbranched alkanes of at least 4 members (excludes halogenated alkanes) is 10. The minimum absolute atomic E-state index is 0.187. The molecule has 0 radical (unpaired) electrons. The number of hydrogen-bond acceptors (Lipinski definition) is 9. The highest BCUT2D eigenvalue weighted by atomic mass is 19.4. The van der Waals surface area contributed by atoms with E-state index in [2.05, 4.69) is 17.2 Å². The molecule has 0 aliphatic carbocycles. The number of aliphatic carboxylic acids is 2. The molecule has 0 aromatic rings. The second-order valence-electron chi connectivity index (χ2n) is 10.5. The van der Waals surface area contributed by atoms with E-state index >= 15 is 0 Å². The molecule has 1 aliphatic heterocycles.